The Morgan fingerprint density at radius 2 is 1.46 bits per heavy atom. The first kappa shape index (κ1) is 21.7. The van der Waals surface area contributed by atoms with E-state index < -0.39 is 6.17 Å². The van der Waals surface area contributed by atoms with Crippen LogP contribution in [0.25, 0.3) is 0 Å². The van der Waals surface area contributed by atoms with Crippen molar-refractivity contribution in [1.82, 2.24) is 0 Å². The molecule has 0 saturated heterocycles. The number of unbranched alkanes of at least 4 members (excludes halogenated alkanes) is 1. The third-order valence-electron chi connectivity index (χ3n) is 4.51. The summed E-state index contributed by atoms with van der Waals surface area (Å²) in [5.41, 5.74) is 3.26. The van der Waals surface area contributed by atoms with Crippen molar-refractivity contribution in [3.05, 3.63) is 83.6 Å². The van der Waals surface area contributed by atoms with E-state index in [0.717, 1.165) is 23.4 Å². The fourth-order valence-corrected chi connectivity index (χ4v) is 2.46. The van der Waals surface area contributed by atoms with Gasteiger partial charge in [-0.2, -0.15) is 0 Å². The molecule has 28 heavy (non-hydrogen) atoms. The summed E-state index contributed by atoms with van der Waals surface area (Å²) in [6, 6.07) is 19.9. The zero-order valence-electron chi connectivity index (χ0n) is 17.2. The Balaban J connectivity index is 0.000000232. The van der Waals surface area contributed by atoms with Crippen LogP contribution < -0.4 is 0 Å². The molecule has 0 spiro atoms. The molecule has 0 N–H and O–H groups in total. The highest BCUT2D eigenvalue weighted by molar-refractivity contribution is 6.04. The molecule has 2 unspecified atom stereocenters. The first-order valence-electron chi connectivity index (χ1n) is 10.2. The van der Waals surface area contributed by atoms with Crippen molar-refractivity contribution in [3.8, 4) is 0 Å². The molecule has 4 rings (SSSR count). The minimum Gasteiger partial charge on any atom is -0.247 e. The summed E-state index contributed by atoms with van der Waals surface area (Å²) < 4.78 is 13.0. The number of halogens is 1. The van der Waals surface area contributed by atoms with Crippen LogP contribution >= 0.6 is 0 Å². The van der Waals surface area contributed by atoms with Crippen LogP contribution in [0.15, 0.2) is 82.4 Å². The number of rotatable bonds is 3. The molecule has 2 aliphatic rings. The van der Waals surface area contributed by atoms with E-state index in [2.05, 4.69) is 23.8 Å². The Morgan fingerprint density at radius 1 is 0.929 bits per heavy atom. The molecule has 1 heterocycles. The third kappa shape index (κ3) is 7.59. The molecular formula is C25H31FN2. The molecule has 0 aromatic heterocycles. The molecule has 1 aliphatic heterocycles. The Labute approximate surface area is 168 Å². The smallest absolute Gasteiger partial charge is 0.158 e. The van der Waals surface area contributed by atoms with Crippen LogP contribution in [0.4, 0.5) is 4.39 Å². The van der Waals surface area contributed by atoms with Crippen LogP contribution in [0.3, 0.4) is 0 Å². The number of benzene rings is 2. The molecule has 1 saturated carbocycles. The number of hydrogen-bond donors (Lipinski definition) is 0. The lowest BCUT2D eigenvalue weighted by atomic mass is 10.1. The van der Waals surface area contributed by atoms with Crippen LogP contribution in [0.2, 0.25) is 0 Å². The van der Waals surface area contributed by atoms with Gasteiger partial charge in [0.15, 0.2) is 5.84 Å². The molecule has 0 radical (unpaired) electrons. The van der Waals surface area contributed by atoms with Crippen LogP contribution in [0.5, 0.6) is 0 Å². The zero-order valence-corrected chi connectivity index (χ0v) is 17.2. The largest absolute Gasteiger partial charge is 0.247 e. The first-order valence-corrected chi connectivity index (χ1v) is 10.2. The van der Waals surface area contributed by atoms with Gasteiger partial charge in [-0.25, -0.2) is 14.4 Å². The number of hydrogen-bond acceptors (Lipinski definition) is 2. The van der Waals surface area contributed by atoms with Crippen LogP contribution in [0, 0.1) is 0 Å². The summed E-state index contributed by atoms with van der Waals surface area (Å²) >= 11 is 0. The minimum absolute atomic E-state index is 0.112. The maximum Gasteiger partial charge on any atom is 0.158 e. The Morgan fingerprint density at radius 3 is 1.93 bits per heavy atom. The van der Waals surface area contributed by atoms with Crippen molar-refractivity contribution >= 4 is 12.1 Å². The van der Waals surface area contributed by atoms with Crippen molar-refractivity contribution in [2.45, 2.75) is 58.5 Å². The zero-order chi connectivity index (χ0) is 20.2. The fraction of sp³-hybridized carbons (Fsp3) is 0.360. The van der Waals surface area contributed by atoms with Gasteiger partial charge in [0, 0.05) is 30.3 Å². The van der Waals surface area contributed by atoms with Crippen molar-refractivity contribution in [3.63, 3.8) is 0 Å². The molecule has 0 bridgehead atoms. The molecule has 3 heteroatoms. The summed E-state index contributed by atoms with van der Waals surface area (Å²) in [6.45, 7) is 6.40. The van der Waals surface area contributed by atoms with Gasteiger partial charge in [0.1, 0.15) is 6.17 Å². The van der Waals surface area contributed by atoms with E-state index in [-0.39, 0.29) is 5.92 Å². The average molecular weight is 379 g/mol. The van der Waals surface area contributed by atoms with Gasteiger partial charge in [-0.05, 0) is 24.5 Å². The molecule has 1 aliphatic carbocycles. The summed E-state index contributed by atoms with van der Waals surface area (Å²) in [5.74, 6) is 0.840. The second-order valence-corrected chi connectivity index (χ2v) is 7.08. The Hall–Kier alpha value is -2.55. The third-order valence-corrected chi connectivity index (χ3v) is 4.51. The molecular weight excluding hydrogens is 347 g/mol. The number of nitrogens with zero attached hydrogens (tertiary/aromatic N) is 2. The van der Waals surface area contributed by atoms with Gasteiger partial charge in [0.25, 0.3) is 0 Å². The maximum atomic E-state index is 13.0. The van der Waals surface area contributed by atoms with Crippen molar-refractivity contribution in [2.24, 2.45) is 9.98 Å². The molecule has 2 atom stereocenters. The highest BCUT2D eigenvalue weighted by Crippen LogP contribution is 2.43. The lowest BCUT2D eigenvalue weighted by Crippen LogP contribution is -1.96. The predicted octanol–water partition coefficient (Wildman–Crippen LogP) is 7.13. The summed E-state index contributed by atoms with van der Waals surface area (Å²) in [5, 5.41) is 0. The van der Waals surface area contributed by atoms with Crippen LogP contribution in [0.1, 0.15) is 63.5 Å². The lowest BCUT2D eigenvalue weighted by Gasteiger charge is -2.02. The molecule has 0 amide bonds. The van der Waals surface area contributed by atoms with Gasteiger partial charge in [-0.1, -0.05) is 87.4 Å². The van der Waals surface area contributed by atoms with E-state index in [9.17, 15) is 4.39 Å². The summed E-state index contributed by atoms with van der Waals surface area (Å²) in [6.07, 6.45) is 7.24. The van der Waals surface area contributed by atoms with Gasteiger partial charge in [0.05, 0.1) is 0 Å². The van der Waals surface area contributed by atoms with Gasteiger partial charge in [-0.3, -0.25) is 0 Å². The fourth-order valence-electron chi connectivity index (χ4n) is 2.46. The van der Waals surface area contributed by atoms with E-state index in [0.29, 0.717) is 6.42 Å². The van der Waals surface area contributed by atoms with Gasteiger partial charge >= 0.3 is 0 Å². The van der Waals surface area contributed by atoms with Gasteiger partial charge < -0.3 is 0 Å². The van der Waals surface area contributed by atoms with E-state index in [4.69, 9.17) is 0 Å². The standard InChI is InChI=1S/C15H15FN2.C6H6.C4H10/c1-10-6-7-17-15(18-9-10)12-4-2-11(3-5-12)13-8-14(13)16;1-2-4-6-5-3-1;1-3-4-2/h2-5,7,9,13-14H,6,8H2,1H3;1-6H;3-4H2,1-2H3. The summed E-state index contributed by atoms with van der Waals surface area (Å²) in [7, 11) is 0. The maximum absolute atomic E-state index is 13.0. The van der Waals surface area contributed by atoms with Crippen molar-refractivity contribution in [2.75, 3.05) is 0 Å². The molecule has 2 nitrogen and oxygen atoms in total. The topological polar surface area (TPSA) is 24.7 Å². The normalized spacial score (nSPS) is 19.7. The average Bonchev–Trinajstić information content (AvgIpc) is 3.52. The van der Waals surface area contributed by atoms with Crippen molar-refractivity contribution in [1.29, 1.82) is 0 Å². The van der Waals surface area contributed by atoms with E-state index in [1.54, 1.807) is 0 Å². The second-order valence-electron chi connectivity index (χ2n) is 7.08. The quantitative estimate of drug-likeness (QED) is 0.543. The second kappa shape index (κ2) is 12.0. The molecule has 2 aromatic carbocycles. The Kier molecular flexibility index (Phi) is 9.33. The van der Waals surface area contributed by atoms with Crippen molar-refractivity contribution < 1.29 is 4.39 Å². The first-order chi connectivity index (χ1) is 13.7. The van der Waals surface area contributed by atoms with Gasteiger partial charge in [0.2, 0.25) is 0 Å². The molecule has 148 valence electrons. The Bertz CT molecular complexity index is 747. The lowest BCUT2D eigenvalue weighted by molar-refractivity contribution is 0.468. The van der Waals surface area contributed by atoms with E-state index in [1.807, 2.05) is 80.0 Å². The highest BCUT2D eigenvalue weighted by atomic mass is 19.1. The SMILES string of the molecule is CC1=CN=C(c2ccc(C3CC3F)cc2)N=CC1.CCCC.c1ccccc1. The highest BCUT2D eigenvalue weighted by Gasteiger charge is 2.38. The van der Waals surface area contributed by atoms with Crippen LogP contribution in [-0.4, -0.2) is 18.2 Å². The number of alkyl halides is 1. The van der Waals surface area contributed by atoms with E-state index in [1.165, 1.54) is 18.4 Å². The molecule has 2 aromatic rings. The monoisotopic (exact) mass is 378 g/mol. The van der Waals surface area contributed by atoms with Gasteiger partial charge in [-0.15, -0.1) is 0 Å². The number of amidine groups is 1. The number of allylic oxidation sites excluding steroid dienone is 1. The minimum atomic E-state index is -0.644. The number of aliphatic imine (C=N–C) groups is 2. The van der Waals surface area contributed by atoms with Crippen LogP contribution in [-0.2, 0) is 0 Å². The molecule has 1 fully saturated rings. The van der Waals surface area contributed by atoms with E-state index >= 15 is 0 Å². The predicted molar refractivity (Wildman–Crippen MR) is 119 cm³/mol. The summed E-state index contributed by atoms with van der Waals surface area (Å²) in [4.78, 5) is 8.71.